The molecule has 1 aliphatic rings. The van der Waals surface area contributed by atoms with Crippen LogP contribution in [-0.4, -0.2) is 24.3 Å². The molecule has 0 spiro atoms. The average molecular weight is 613 g/mol. The molecule has 1 N–H and O–H groups in total. The van der Waals surface area contributed by atoms with E-state index in [1.165, 1.54) is 0 Å². The number of hydrogen-bond donors (Lipinski definition) is 1. The lowest BCUT2D eigenvalue weighted by Gasteiger charge is -2.21. The fraction of sp³-hybridized carbons (Fsp3) is 0.244. The zero-order valence-electron chi connectivity index (χ0n) is 26.6. The van der Waals surface area contributed by atoms with Crippen molar-refractivity contribution in [2.24, 2.45) is 0 Å². The standard InChI is InChI=1S/C41H40O5/c1-3-22-44-38-31-16-9-18-33(38)26-35-20-11-21-36(40(35)46-41(43)28-12-6-5-7-13-28)27-34-19-10-17-32(39(34)45-23-4-2)25-30-15-8-14-29(24-31)37(30)42/h5-21,42H,3-4,22-27H2,1-2H3. The summed E-state index contributed by atoms with van der Waals surface area (Å²) in [5, 5.41) is 11.5. The molecular formula is C41H40O5. The van der Waals surface area contributed by atoms with Crippen LogP contribution in [0.3, 0.4) is 0 Å². The van der Waals surface area contributed by atoms with Gasteiger partial charge in [-0.05, 0) is 69.5 Å². The van der Waals surface area contributed by atoms with Crippen molar-refractivity contribution < 1.29 is 24.1 Å². The Morgan fingerprint density at radius 2 is 0.891 bits per heavy atom. The fourth-order valence-corrected chi connectivity index (χ4v) is 6.14. The van der Waals surface area contributed by atoms with Crippen LogP contribution >= 0.6 is 0 Å². The van der Waals surface area contributed by atoms with Crippen LogP contribution < -0.4 is 14.2 Å². The monoisotopic (exact) mass is 612 g/mol. The summed E-state index contributed by atoms with van der Waals surface area (Å²) in [7, 11) is 0. The summed E-state index contributed by atoms with van der Waals surface area (Å²) >= 11 is 0. The van der Waals surface area contributed by atoms with Gasteiger partial charge in [0.2, 0.25) is 0 Å². The van der Waals surface area contributed by atoms with Crippen molar-refractivity contribution in [3.05, 3.63) is 153 Å². The number of benzene rings is 5. The molecule has 8 bridgehead atoms. The number of fused-ring (bicyclic) bond motifs is 8. The van der Waals surface area contributed by atoms with Crippen molar-refractivity contribution in [1.29, 1.82) is 0 Å². The second-order valence-corrected chi connectivity index (χ2v) is 11.8. The zero-order chi connectivity index (χ0) is 31.9. The molecule has 5 aromatic carbocycles. The van der Waals surface area contributed by atoms with E-state index >= 15 is 0 Å². The molecule has 0 saturated heterocycles. The van der Waals surface area contributed by atoms with Gasteiger partial charge in [-0.2, -0.15) is 0 Å². The minimum atomic E-state index is -0.398. The Morgan fingerprint density at radius 3 is 1.30 bits per heavy atom. The lowest BCUT2D eigenvalue weighted by molar-refractivity contribution is 0.0731. The summed E-state index contributed by atoms with van der Waals surface area (Å²) in [5.41, 5.74) is 7.96. The first-order valence-corrected chi connectivity index (χ1v) is 16.2. The van der Waals surface area contributed by atoms with Crippen LogP contribution in [0.2, 0.25) is 0 Å². The first-order valence-electron chi connectivity index (χ1n) is 16.2. The van der Waals surface area contributed by atoms with Gasteiger partial charge in [0.25, 0.3) is 0 Å². The van der Waals surface area contributed by atoms with E-state index in [-0.39, 0.29) is 0 Å². The van der Waals surface area contributed by atoms with Crippen molar-refractivity contribution in [2.45, 2.75) is 52.4 Å². The molecule has 0 unspecified atom stereocenters. The van der Waals surface area contributed by atoms with Crippen LogP contribution in [0.5, 0.6) is 23.0 Å². The largest absolute Gasteiger partial charge is 0.507 e. The highest BCUT2D eigenvalue weighted by Gasteiger charge is 2.22. The number of carbonyl (C=O) groups excluding carboxylic acids is 1. The van der Waals surface area contributed by atoms with E-state index in [0.29, 0.717) is 56.0 Å². The number of rotatable bonds is 8. The van der Waals surface area contributed by atoms with Gasteiger partial charge in [-0.1, -0.05) is 105 Å². The third-order valence-electron chi connectivity index (χ3n) is 8.37. The SMILES string of the molecule is CCCOc1c2cccc1Cc1cccc(c1OC(=O)c1ccccc1)Cc1cccc(c1OCCC)Cc1cccc(c1O)C2. The maximum Gasteiger partial charge on any atom is 0.343 e. The topological polar surface area (TPSA) is 65.0 Å². The van der Waals surface area contributed by atoms with Crippen LogP contribution in [0, 0.1) is 0 Å². The fourth-order valence-electron chi connectivity index (χ4n) is 6.14. The van der Waals surface area contributed by atoms with Crippen molar-refractivity contribution in [1.82, 2.24) is 0 Å². The zero-order valence-corrected chi connectivity index (χ0v) is 26.6. The van der Waals surface area contributed by atoms with Crippen LogP contribution in [0.15, 0.2) is 103 Å². The number of esters is 1. The molecule has 5 nitrogen and oxygen atoms in total. The van der Waals surface area contributed by atoms with Gasteiger partial charge in [-0.3, -0.25) is 0 Å². The molecule has 6 rings (SSSR count). The predicted octanol–water partition coefficient (Wildman–Crippen LogP) is 8.87. The molecule has 0 heterocycles. The molecule has 0 aliphatic heterocycles. The maximum absolute atomic E-state index is 13.5. The lowest BCUT2D eigenvalue weighted by atomic mass is 9.91. The van der Waals surface area contributed by atoms with Crippen LogP contribution in [0.4, 0.5) is 0 Å². The Hall–Kier alpha value is -5.03. The summed E-state index contributed by atoms with van der Waals surface area (Å²) in [6, 6.07) is 33.5. The number of aromatic hydroxyl groups is 1. The first kappa shape index (κ1) is 31.0. The van der Waals surface area contributed by atoms with Gasteiger partial charge in [0.05, 0.1) is 18.8 Å². The molecular weight excluding hydrogens is 572 g/mol. The van der Waals surface area contributed by atoms with Gasteiger partial charge in [0, 0.05) is 25.7 Å². The Bertz CT molecular complexity index is 1730. The number of ether oxygens (including phenoxy) is 3. The molecule has 0 amide bonds. The highest BCUT2D eigenvalue weighted by Crippen LogP contribution is 2.38. The van der Waals surface area contributed by atoms with Crippen molar-refractivity contribution in [3.8, 4) is 23.0 Å². The third-order valence-corrected chi connectivity index (χ3v) is 8.37. The summed E-state index contributed by atoms with van der Waals surface area (Å²) in [6.45, 7) is 5.32. The summed E-state index contributed by atoms with van der Waals surface area (Å²) in [5.74, 6) is 2.09. The van der Waals surface area contributed by atoms with Crippen molar-refractivity contribution in [3.63, 3.8) is 0 Å². The summed E-state index contributed by atoms with van der Waals surface area (Å²) < 4.78 is 19.1. The molecule has 1 aliphatic carbocycles. The van der Waals surface area contributed by atoms with Crippen LogP contribution in [-0.2, 0) is 25.7 Å². The molecule has 0 atom stereocenters. The van der Waals surface area contributed by atoms with Gasteiger partial charge >= 0.3 is 5.97 Å². The van der Waals surface area contributed by atoms with Crippen LogP contribution in [0.25, 0.3) is 0 Å². The van der Waals surface area contributed by atoms with Gasteiger partial charge in [0.15, 0.2) is 0 Å². The second-order valence-electron chi connectivity index (χ2n) is 11.8. The molecule has 234 valence electrons. The normalized spacial score (nSPS) is 12.3. The molecule has 0 fully saturated rings. The predicted molar refractivity (Wildman–Crippen MR) is 182 cm³/mol. The van der Waals surface area contributed by atoms with Crippen LogP contribution in [0.1, 0.15) is 81.6 Å². The highest BCUT2D eigenvalue weighted by atomic mass is 16.5. The maximum atomic E-state index is 13.5. The molecule has 46 heavy (non-hydrogen) atoms. The Morgan fingerprint density at radius 1 is 0.522 bits per heavy atom. The Labute approximate surface area is 271 Å². The van der Waals surface area contributed by atoms with Gasteiger partial charge in [-0.25, -0.2) is 4.79 Å². The average Bonchev–Trinajstić information content (AvgIpc) is 3.07. The number of hydrogen-bond acceptors (Lipinski definition) is 5. The Kier molecular flexibility index (Phi) is 9.68. The van der Waals surface area contributed by atoms with E-state index in [1.54, 1.807) is 12.1 Å². The highest BCUT2D eigenvalue weighted by molar-refractivity contribution is 5.91. The summed E-state index contributed by atoms with van der Waals surface area (Å²) in [4.78, 5) is 13.5. The molecule has 0 aromatic heterocycles. The van der Waals surface area contributed by atoms with E-state index in [4.69, 9.17) is 14.2 Å². The molecule has 0 saturated carbocycles. The number of carbonyl (C=O) groups is 1. The van der Waals surface area contributed by atoms with Gasteiger partial charge < -0.3 is 19.3 Å². The smallest absolute Gasteiger partial charge is 0.343 e. The quantitative estimate of drug-likeness (QED) is 0.137. The Balaban J connectivity index is 1.55. The van der Waals surface area contributed by atoms with E-state index in [1.807, 2.05) is 66.7 Å². The number of phenols is 1. The van der Waals surface area contributed by atoms with E-state index in [9.17, 15) is 9.90 Å². The van der Waals surface area contributed by atoms with Crippen molar-refractivity contribution >= 4 is 5.97 Å². The molecule has 0 radical (unpaired) electrons. The number of phenolic OH excluding ortho intramolecular Hbond substituents is 1. The van der Waals surface area contributed by atoms with Gasteiger partial charge in [0.1, 0.15) is 23.0 Å². The third kappa shape index (κ3) is 6.79. The van der Waals surface area contributed by atoms with E-state index in [0.717, 1.165) is 68.8 Å². The minimum Gasteiger partial charge on any atom is -0.507 e. The van der Waals surface area contributed by atoms with E-state index < -0.39 is 5.97 Å². The minimum absolute atomic E-state index is 0.300. The lowest BCUT2D eigenvalue weighted by Crippen LogP contribution is -2.13. The summed E-state index contributed by atoms with van der Waals surface area (Å²) in [6.07, 6.45) is 3.77. The van der Waals surface area contributed by atoms with E-state index in [2.05, 4.69) is 38.1 Å². The molecule has 5 heteroatoms. The second kappa shape index (κ2) is 14.4. The molecule has 5 aromatic rings. The first-order chi connectivity index (χ1) is 22.6. The number of para-hydroxylation sites is 4. The van der Waals surface area contributed by atoms with Gasteiger partial charge in [-0.15, -0.1) is 0 Å². The van der Waals surface area contributed by atoms with Crippen molar-refractivity contribution in [2.75, 3.05) is 13.2 Å².